The number of imide groups is 1. The average Bonchev–Trinajstić information content (AvgIpc) is 3.28. The number of carbonyl (C=O) groups excluding carboxylic acids is 2. The molecule has 0 saturated carbocycles. The third-order valence-electron chi connectivity index (χ3n) is 5.52. The number of anilines is 1. The normalized spacial score (nSPS) is 25.3. The van der Waals surface area contributed by atoms with E-state index in [9.17, 15) is 18.5 Å². The van der Waals surface area contributed by atoms with E-state index in [4.69, 9.17) is 9.05 Å². The molecule has 4 rings (SSSR count). The van der Waals surface area contributed by atoms with Crippen LogP contribution in [-0.4, -0.2) is 31.2 Å². The van der Waals surface area contributed by atoms with E-state index >= 15 is 0 Å². The first-order valence-electron chi connectivity index (χ1n) is 10.0. The molecule has 162 valence electrons. The van der Waals surface area contributed by atoms with Crippen molar-refractivity contribution in [1.82, 2.24) is 0 Å². The summed E-state index contributed by atoms with van der Waals surface area (Å²) in [7, 11) is -4.11. The Hall–Kier alpha value is -2.67. The average molecular weight is 444 g/mol. The SMILES string of the molecule is CCOP(=O)(OCC)C1(c2ccc(F)cc2)N=CC2C(=O)N(c3ccccc3)C(=O)C21. The Bertz CT molecular complexity index is 1070. The molecule has 0 radical (unpaired) electrons. The molecule has 0 aliphatic carbocycles. The van der Waals surface area contributed by atoms with Gasteiger partial charge in [-0.25, -0.2) is 9.29 Å². The zero-order valence-electron chi connectivity index (χ0n) is 17.1. The molecule has 31 heavy (non-hydrogen) atoms. The highest BCUT2D eigenvalue weighted by molar-refractivity contribution is 7.55. The first-order chi connectivity index (χ1) is 14.9. The summed E-state index contributed by atoms with van der Waals surface area (Å²) >= 11 is 0. The Morgan fingerprint density at radius 2 is 1.61 bits per heavy atom. The van der Waals surface area contributed by atoms with Crippen molar-refractivity contribution >= 4 is 31.3 Å². The molecule has 9 heteroatoms. The summed E-state index contributed by atoms with van der Waals surface area (Å²) in [4.78, 5) is 32.4. The predicted octanol–water partition coefficient (Wildman–Crippen LogP) is 4.13. The molecule has 7 nitrogen and oxygen atoms in total. The summed E-state index contributed by atoms with van der Waals surface area (Å²) in [6.07, 6.45) is 1.35. The maximum atomic E-state index is 14.1. The van der Waals surface area contributed by atoms with E-state index in [0.717, 1.165) is 4.90 Å². The number of amides is 2. The summed E-state index contributed by atoms with van der Waals surface area (Å²) < 4.78 is 39.0. The molecule has 2 aliphatic heterocycles. The number of rotatable bonds is 7. The van der Waals surface area contributed by atoms with E-state index < -0.39 is 42.3 Å². The Morgan fingerprint density at radius 1 is 1.00 bits per heavy atom. The Kier molecular flexibility index (Phi) is 5.64. The van der Waals surface area contributed by atoms with Gasteiger partial charge in [0.2, 0.25) is 11.8 Å². The molecule has 0 N–H and O–H groups in total. The van der Waals surface area contributed by atoms with Crippen LogP contribution in [0.4, 0.5) is 10.1 Å². The first-order valence-corrected chi connectivity index (χ1v) is 11.6. The fourth-order valence-electron chi connectivity index (χ4n) is 4.29. The van der Waals surface area contributed by atoms with E-state index in [1.807, 2.05) is 0 Å². The van der Waals surface area contributed by atoms with Crippen molar-refractivity contribution in [3.8, 4) is 0 Å². The van der Waals surface area contributed by atoms with Crippen molar-refractivity contribution in [2.75, 3.05) is 18.1 Å². The highest BCUT2D eigenvalue weighted by Gasteiger charge is 2.69. The molecule has 3 atom stereocenters. The van der Waals surface area contributed by atoms with Crippen molar-refractivity contribution in [3.63, 3.8) is 0 Å². The molecule has 0 bridgehead atoms. The van der Waals surface area contributed by atoms with Crippen LogP contribution in [0.25, 0.3) is 0 Å². The van der Waals surface area contributed by atoms with Crippen LogP contribution in [0.1, 0.15) is 19.4 Å². The minimum absolute atomic E-state index is 0.0394. The number of para-hydroxylation sites is 1. The second-order valence-electron chi connectivity index (χ2n) is 7.20. The van der Waals surface area contributed by atoms with Crippen LogP contribution in [0.3, 0.4) is 0 Å². The lowest BCUT2D eigenvalue weighted by Gasteiger charge is -2.37. The molecule has 1 saturated heterocycles. The van der Waals surface area contributed by atoms with Crippen molar-refractivity contribution in [2.45, 2.75) is 19.1 Å². The monoisotopic (exact) mass is 444 g/mol. The number of carbonyl (C=O) groups is 2. The smallest absolute Gasteiger partial charge is 0.307 e. The Balaban J connectivity index is 1.92. The van der Waals surface area contributed by atoms with Crippen molar-refractivity contribution in [3.05, 3.63) is 66.0 Å². The van der Waals surface area contributed by atoms with Gasteiger partial charge < -0.3 is 9.05 Å². The third kappa shape index (κ3) is 3.17. The minimum Gasteiger partial charge on any atom is -0.307 e. The second-order valence-corrected chi connectivity index (χ2v) is 9.39. The van der Waals surface area contributed by atoms with E-state index in [2.05, 4.69) is 4.99 Å². The van der Waals surface area contributed by atoms with Gasteiger partial charge in [-0.2, -0.15) is 0 Å². The topological polar surface area (TPSA) is 85.3 Å². The Labute approximate surface area is 179 Å². The highest BCUT2D eigenvalue weighted by Crippen LogP contribution is 2.72. The van der Waals surface area contributed by atoms with Gasteiger partial charge in [-0.1, -0.05) is 30.3 Å². The van der Waals surface area contributed by atoms with Gasteiger partial charge in [0.1, 0.15) is 5.82 Å². The van der Waals surface area contributed by atoms with Gasteiger partial charge in [-0.05, 0) is 43.7 Å². The maximum absolute atomic E-state index is 14.1. The van der Waals surface area contributed by atoms with Gasteiger partial charge >= 0.3 is 7.60 Å². The molecule has 2 aliphatic rings. The third-order valence-corrected chi connectivity index (χ3v) is 8.20. The molecule has 0 spiro atoms. The van der Waals surface area contributed by atoms with Crippen molar-refractivity contribution < 1.29 is 27.6 Å². The number of aliphatic imine (C=N–C) groups is 1. The lowest BCUT2D eigenvalue weighted by atomic mass is 9.87. The quantitative estimate of drug-likeness (QED) is 0.474. The molecular weight excluding hydrogens is 422 g/mol. The maximum Gasteiger partial charge on any atom is 0.363 e. The standard InChI is InChI=1S/C22H22FN2O5P/c1-3-29-31(28,30-4-2)22(15-10-12-16(23)13-11-15)19-18(14-24-22)20(26)25(21(19)27)17-8-6-5-7-9-17/h5-14,18-19H,3-4H2,1-2H3. The van der Waals surface area contributed by atoms with E-state index in [0.29, 0.717) is 11.3 Å². The van der Waals surface area contributed by atoms with Crippen molar-refractivity contribution in [1.29, 1.82) is 0 Å². The molecule has 0 aromatic heterocycles. The van der Waals surface area contributed by atoms with E-state index in [-0.39, 0.29) is 13.2 Å². The van der Waals surface area contributed by atoms with Crippen LogP contribution in [0, 0.1) is 17.7 Å². The number of fused-ring (bicyclic) bond motifs is 1. The lowest BCUT2D eigenvalue weighted by Crippen LogP contribution is -2.40. The largest absolute Gasteiger partial charge is 0.363 e. The van der Waals surface area contributed by atoms with Gasteiger partial charge in [0.25, 0.3) is 0 Å². The Morgan fingerprint density at radius 3 is 2.19 bits per heavy atom. The molecule has 2 aromatic rings. The van der Waals surface area contributed by atoms with Crippen molar-refractivity contribution in [2.24, 2.45) is 16.8 Å². The zero-order valence-corrected chi connectivity index (χ0v) is 18.0. The molecule has 2 aromatic carbocycles. The van der Waals surface area contributed by atoms with Gasteiger partial charge in [0.05, 0.1) is 30.7 Å². The summed E-state index contributed by atoms with van der Waals surface area (Å²) in [6.45, 7) is 3.38. The van der Waals surface area contributed by atoms with Crippen LogP contribution < -0.4 is 4.90 Å². The number of hydrogen-bond acceptors (Lipinski definition) is 6. The summed E-state index contributed by atoms with van der Waals surface area (Å²) in [6, 6.07) is 13.7. The second kappa shape index (κ2) is 8.11. The number of nitrogens with zero attached hydrogens (tertiary/aromatic N) is 2. The van der Waals surface area contributed by atoms with Crippen LogP contribution in [0.5, 0.6) is 0 Å². The van der Waals surface area contributed by atoms with E-state index in [1.165, 1.54) is 30.5 Å². The van der Waals surface area contributed by atoms with Gasteiger partial charge in [0, 0.05) is 6.21 Å². The van der Waals surface area contributed by atoms with E-state index in [1.54, 1.807) is 44.2 Å². The van der Waals surface area contributed by atoms with Gasteiger partial charge in [-0.15, -0.1) is 0 Å². The molecule has 1 fully saturated rings. The predicted molar refractivity (Wildman–Crippen MR) is 113 cm³/mol. The molecule has 2 heterocycles. The molecule has 2 amide bonds. The fourth-order valence-corrected chi connectivity index (χ4v) is 6.73. The zero-order chi connectivity index (χ0) is 22.2. The summed E-state index contributed by atoms with van der Waals surface area (Å²) in [5, 5.41) is -1.80. The number of hydrogen-bond donors (Lipinski definition) is 0. The van der Waals surface area contributed by atoms with Gasteiger partial charge in [-0.3, -0.25) is 19.1 Å². The lowest BCUT2D eigenvalue weighted by molar-refractivity contribution is -0.123. The van der Waals surface area contributed by atoms with Gasteiger partial charge in [0.15, 0.2) is 5.28 Å². The fraction of sp³-hybridized carbons (Fsp3) is 0.318. The minimum atomic E-state index is -4.11. The van der Waals surface area contributed by atoms with Crippen LogP contribution >= 0.6 is 7.60 Å². The summed E-state index contributed by atoms with van der Waals surface area (Å²) in [5.41, 5.74) is 0.704. The molecular formula is C22H22FN2O5P. The number of halogens is 1. The molecule has 3 unspecified atom stereocenters. The summed E-state index contributed by atoms with van der Waals surface area (Å²) in [5.74, 6) is -3.60. The first kappa shape index (κ1) is 21.6. The number of benzene rings is 2. The van der Waals surface area contributed by atoms with Crippen LogP contribution in [-0.2, 0) is 28.5 Å². The van der Waals surface area contributed by atoms with Crippen LogP contribution in [0.15, 0.2) is 59.6 Å². The highest BCUT2D eigenvalue weighted by atomic mass is 31.2. The van der Waals surface area contributed by atoms with Crippen LogP contribution in [0.2, 0.25) is 0 Å².